The zero-order chi connectivity index (χ0) is 11.7. The molecule has 0 aromatic heterocycles. The molecule has 1 aliphatic rings. The Morgan fingerprint density at radius 2 is 1.88 bits per heavy atom. The maximum absolute atomic E-state index is 9.10. The molecule has 0 spiro atoms. The van der Waals surface area contributed by atoms with Gasteiger partial charge < -0.3 is 5.11 Å². The van der Waals surface area contributed by atoms with Crippen LogP contribution in [0, 0.1) is 0 Å². The van der Waals surface area contributed by atoms with E-state index >= 15 is 0 Å². The average molecular weight is 228 g/mol. The van der Waals surface area contributed by atoms with Crippen LogP contribution in [0.5, 0.6) is 0 Å². The molecule has 3 nitrogen and oxygen atoms in total. The molecule has 1 heterocycles. The first kappa shape index (κ1) is 10.7. The fourth-order valence-corrected chi connectivity index (χ4v) is 2.38. The number of hydrazine groups is 1. The van der Waals surface area contributed by atoms with Gasteiger partial charge in [-0.25, -0.2) is 5.43 Å². The van der Waals surface area contributed by atoms with Gasteiger partial charge in [0.2, 0.25) is 0 Å². The Hall–Kier alpha value is -1.42. The van der Waals surface area contributed by atoms with Crippen molar-refractivity contribution in [3.05, 3.63) is 48.0 Å². The Labute approximate surface area is 100 Å². The molecule has 1 fully saturated rings. The van der Waals surface area contributed by atoms with Gasteiger partial charge in [0, 0.05) is 12.1 Å². The summed E-state index contributed by atoms with van der Waals surface area (Å²) in [5.74, 6) is 0. The van der Waals surface area contributed by atoms with Crippen LogP contribution in [0.4, 0.5) is 0 Å². The smallest absolute Gasteiger partial charge is 0.0598 e. The topological polar surface area (TPSA) is 44.3 Å². The van der Waals surface area contributed by atoms with E-state index in [1.54, 1.807) is 0 Å². The van der Waals surface area contributed by atoms with Gasteiger partial charge in [-0.15, -0.1) is 0 Å². The highest BCUT2D eigenvalue weighted by Crippen LogP contribution is 2.25. The fraction of sp³-hybridized carbons (Fsp3) is 0.286. The lowest BCUT2D eigenvalue weighted by Crippen LogP contribution is -2.32. The molecule has 3 N–H and O–H groups in total. The Kier molecular flexibility index (Phi) is 2.81. The molecule has 1 saturated heterocycles. The second kappa shape index (κ2) is 4.45. The normalized spacial score (nSPS) is 24.3. The van der Waals surface area contributed by atoms with Crippen LogP contribution in [0.25, 0.3) is 10.8 Å². The first-order valence-electron chi connectivity index (χ1n) is 5.97. The van der Waals surface area contributed by atoms with Gasteiger partial charge in [0.25, 0.3) is 0 Å². The molecule has 2 aromatic carbocycles. The highest BCUT2D eigenvalue weighted by atomic mass is 16.3. The number of aliphatic hydroxyl groups excluding tert-OH is 1. The van der Waals surface area contributed by atoms with Gasteiger partial charge in [-0.05, 0) is 28.8 Å². The highest BCUT2D eigenvalue weighted by Gasteiger charge is 2.24. The number of aliphatic hydroxyl groups is 1. The molecule has 88 valence electrons. The van der Waals surface area contributed by atoms with E-state index < -0.39 is 0 Å². The number of rotatable bonds is 2. The molecule has 0 saturated carbocycles. The van der Waals surface area contributed by atoms with Crippen molar-refractivity contribution >= 4 is 10.8 Å². The first-order valence-corrected chi connectivity index (χ1v) is 5.97. The maximum atomic E-state index is 9.10. The molecule has 3 rings (SSSR count). The van der Waals surface area contributed by atoms with Gasteiger partial charge in [0.05, 0.1) is 6.61 Å². The Balaban J connectivity index is 1.91. The predicted octanol–water partition coefficient (Wildman–Crippen LogP) is 1.74. The Bertz CT molecular complexity index is 526. The largest absolute Gasteiger partial charge is 0.395 e. The van der Waals surface area contributed by atoms with Crippen molar-refractivity contribution in [1.82, 2.24) is 10.9 Å². The predicted molar refractivity (Wildman–Crippen MR) is 68.5 cm³/mol. The molecule has 1 aliphatic heterocycles. The molecule has 17 heavy (non-hydrogen) atoms. The summed E-state index contributed by atoms with van der Waals surface area (Å²) >= 11 is 0. The Morgan fingerprint density at radius 1 is 1.06 bits per heavy atom. The van der Waals surface area contributed by atoms with Crippen LogP contribution in [-0.2, 0) is 0 Å². The van der Waals surface area contributed by atoms with E-state index in [0.29, 0.717) is 0 Å². The van der Waals surface area contributed by atoms with Crippen molar-refractivity contribution in [2.75, 3.05) is 6.61 Å². The van der Waals surface area contributed by atoms with Crippen LogP contribution in [-0.4, -0.2) is 17.8 Å². The summed E-state index contributed by atoms with van der Waals surface area (Å²) in [6.45, 7) is 0.178. The summed E-state index contributed by atoms with van der Waals surface area (Å²) in [7, 11) is 0. The van der Waals surface area contributed by atoms with Crippen LogP contribution in [0.1, 0.15) is 18.0 Å². The molecular weight excluding hydrogens is 212 g/mol. The number of hydrogen-bond acceptors (Lipinski definition) is 3. The van der Waals surface area contributed by atoms with Crippen LogP contribution < -0.4 is 10.9 Å². The SMILES string of the molecule is OCC1CC(c2ccc3ccccc3c2)NN1. The van der Waals surface area contributed by atoms with Gasteiger partial charge in [0.1, 0.15) is 0 Å². The summed E-state index contributed by atoms with van der Waals surface area (Å²) in [4.78, 5) is 0. The third kappa shape index (κ3) is 2.05. The van der Waals surface area contributed by atoms with Crippen LogP contribution in [0.2, 0.25) is 0 Å². The van der Waals surface area contributed by atoms with Gasteiger partial charge >= 0.3 is 0 Å². The number of benzene rings is 2. The second-order valence-corrected chi connectivity index (χ2v) is 4.56. The van der Waals surface area contributed by atoms with Crippen LogP contribution in [0.15, 0.2) is 42.5 Å². The van der Waals surface area contributed by atoms with Crippen molar-refractivity contribution in [2.45, 2.75) is 18.5 Å². The molecule has 3 heteroatoms. The minimum Gasteiger partial charge on any atom is -0.395 e. The van der Waals surface area contributed by atoms with Crippen molar-refractivity contribution in [3.63, 3.8) is 0 Å². The third-order valence-electron chi connectivity index (χ3n) is 3.38. The molecule has 0 radical (unpaired) electrons. The summed E-state index contributed by atoms with van der Waals surface area (Å²) in [5, 5.41) is 11.6. The van der Waals surface area contributed by atoms with E-state index in [0.717, 1.165) is 6.42 Å². The zero-order valence-electron chi connectivity index (χ0n) is 9.56. The lowest BCUT2D eigenvalue weighted by molar-refractivity contribution is 0.251. The quantitative estimate of drug-likeness (QED) is 0.733. The van der Waals surface area contributed by atoms with Crippen molar-refractivity contribution in [2.24, 2.45) is 0 Å². The van der Waals surface area contributed by atoms with E-state index in [1.165, 1.54) is 16.3 Å². The van der Waals surface area contributed by atoms with Crippen molar-refractivity contribution in [1.29, 1.82) is 0 Å². The number of fused-ring (bicyclic) bond motifs is 1. The van der Waals surface area contributed by atoms with Crippen LogP contribution in [0.3, 0.4) is 0 Å². The highest BCUT2D eigenvalue weighted by molar-refractivity contribution is 5.83. The summed E-state index contributed by atoms with van der Waals surface area (Å²) < 4.78 is 0. The van der Waals surface area contributed by atoms with E-state index in [1.807, 2.05) is 0 Å². The number of hydrogen-bond donors (Lipinski definition) is 3. The molecule has 2 unspecified atom stereocenters. The van der Waals surface area contributed by atoms with Crippen LogP contribution >= 0.6 is 0 Å². The molecule has 0 bridgehead atoms. The van der Waals surface area contributed by atoms with Crippen molar-refractivity contribution < 1.29 is 5.11 Å². The fourth-order valence-electron chi connectivity index (χ4n) is 2.38. The average Bonchev–Trinajstić information content (AvgIpc) is 2.87. The molecule has 0 aliphatic carbocycles. The number of nitrogens with one attached hydrogen (secondary N) is 2. The van der Waals surface area contributed by atoms with E-state index in [4.69, 9.17) is 5.11 Å². The van der Waals surface area contributed by atoms with Gasteiger partial charge in [-0.3, -0.25) is 5.43 Å². The Morgan fingerprint density at radius 3 is 2.65 bits per heavy atom. The minimum atomic E-state index is 0.159. The van der Waals surface area contributed by atoms with Gasteiger partial charge in [-0.1, -0.05) is 36.4 Å². The van der Waals surface area contributed by atoms with E-state index in [2.05, 4.69) is 53.3 Å². The second-order valence-electron chi connectivity index (χ2n) is 4.56. The summed E-state index contributed by atoms with van der Waals surface area (Å²) in [6.07, 6.45) is 0.925. The molecule has 2 atom stereocenters. The molecular formula is C14H16N2O. The molecule has 2 aromatic rings. The van der Waals surface area contributed by atoms with E-state index in [-0.39, 0.29) is 18.7 Å². The molecule has 0 amide bonds. The first-order chi connectivity index (χ1) is 8.36. The standard InChI is InChI=1S/C14H16N2O/c17-9-13-8-14(16-15-13)12-6-5-10-3-1-2-4-11(10)7-12/h1-7,13-17H,8-9H2. The lowest BCUT2D eigenvalue weighted by Gasteiger charge is -2.10. The van der Waals surface area contributed by atoms with E-state index in [9.17, 15) is 0 Å². The maximum Gasteiger partial charge on any atom is 0.0598 e. The van der Waals surface area contributed by atoms with Gasteiger partial charge in [-0.2, -0.15) is 0 Å². The van der Waals surface area contributed by atoms with Gasteiger partial charge in [0.15, 0.2) is 0 Å². The monoisotopic (exact) mass is 228 g/mol. The summed E-state index contributed by atoms with van der Waals surface area (Å²) in [6, 6.07) is 15.3. The lowest BCUT2D eigenvalue weighted by atomic mass is 9.99. The minimum absolute atomic E-state index is 0.159. The zero-order valence-corrected chi connectivity index (χ0v) is 9.56. The summed E-state index contributed by atoms with van der Waals surface area (Å²) in [5.41, 5.74) is 7.60. The van der Waals surface area contributed by atoms with Crippen molar-refractivity contribution in [3.8, 4) is 0 Å². The third-order valence-corrected chi connectivity index (χ3v) is 3.38.